The Morgan fingerprint density at radius 1 is 1.36 bits per heavy atom. The van der Waals surface area contributed by atoms with E-state index >= 15 is 0 Å². The van der Waals surface area contributed by atoms with Crippen LogP contribution in [0.4, 0.5) is 4.39 Å². The Bertz CT molecular complexity index is 1470. The Morgan fingerprint density at radius 3 is 2.79 bits per heavy atom. The van der Waals surface area contributed by atoms with Crippen LogP contribution in [0.25, 0.3) is 28.1 Å². The van der Waals surface area contributed by atoms with Crippen LogP contribution >= 0.6 is 0 Å². The van der Waals surface area contributed by atoms with Crippen LogP contribution in [-0.4, -0.2) is 42.9 Å². The van der Waals surface area contributed by atoms with Crippen molar-refractivity contribution in [2.24, 2.45) is 0 Å². The third-order valence-corrected chi connectivity index (χ3v) is 6.44. The summed E-state index contributed by atoms with van der Waals surface area (Å²) in [5.41, 5.74) is -0.725. The van der Waals surface area contributed by atoms with Gasteiger partial charge in [0, 0.05) is 7.11 Å². The van der Waals surface area contributed by atoms with Crippen molar-refractivity contribution in [3.63, 3.8) is 0 Å². The van der Waals surface area contributed by atoms with Gasteiger partial charge in [0.2, 0.25) is 5.82 Å². The average Bonchev–Trinajstić information content (AvgIpc) is 3.58. The van der Waals surface area contributed by atoms with Crippen LogP contribution in [0.5, 0.6) is 0 Å². The van der Waals surface area contributed by atoms with Crippen LogP contribution < -0.4 is 5.56 Å². The lowest BCUT2D eigenvalue weighted by Gasteiger charge is -2.22. The number of benzene rings is 1. The molecule has 1 N–H and O–H groups in total. The number of imidazole rings is 1. The zero-order valence-corrected chi connectivity index (χ0v) is 18.1. The lowest BCUT2D eigenvalue weighted by atomic mass is 10.0. The van der Waals surface area contributed by atoms with E-state index in [-0.39, 0.29) is 28.1 Å². The summed E-state index contributed by atoms with van der Waals surface area (Å²) in [6.45, 7) is 1.22. The van der Waals surface area contributed by atoms with Crippen LogP contribution in [-0.2, 0) is 10.3 Å². The van der Waals surface area contributed by atoms with E-state index in [2.05, 4.69) is 15.1 Å². The number of aliphatic hydroxyl groups is 1. The highest BCUT2D eigenvalue weighted by Gasteiger charge is 2.41. The number of halogens is 1. The number of aromatic nitrogens is 5. The Labute approximate surface area is 186 Å². The first-order chi connectivity index (χ1) is 16.0. The number of nitriles is 1. The highest BCUT2D eigenvalue weighted by molar-refractivity contribution is 5.87. The fraction of sp³-hybridized carbons (Fsp3) is 0.409. The molecule has 170 valence electrons. The fourth-order valence-electron chi connectivity index (χ4n) is 4.67. The molecule has 4 aromatic rings. The highest BCUT2D eigenvalue weighted by Crippen LogP contribution is 2.41. The van der Waals surface area contributed by atoms with Gasteiger partial charge in [-0.2, -0.15) is 10.2 Å². The number of hydrogen-bond donors (Lipinski definition) is 1. The van der Waals surface area contributed by atoms with Crippen molar-refractivity contribution in [2.75, 3.05) is 13.7 Å². The SMILES string of the molecule is COC1(c2nc(-c3ncn4c3c(=O)n(C(C)CO)c3c(C#N)c(F)ccc34)no2)CCCC1. The second-order valence-electron chi connectivity index (χ2n) is 8.25. The molecule has 0 amide bonds. The second kappa shape index (κ2) is 7.75. The predicted octanol–water partition coefficient (Wildman–Crippen LogP) is 2.68. The molecule has 11 heteroatoms. The van der Waals surface area contributed by atoms with Gasteiger partial charge in [-0.3, -0.25) is 13.8 Å². The summed E-state index contributed by atoms with van der Waals surface area (Å²) in [6, 6.07) is 3.73. The van der Waals surface area contributed by atoms with Crippen molar-refractivity contribution in [3.05, 3.63) is 46.1 Å². The van der Waals surface area contributed by atoms with Gasteiger partial charge in [-0.1, -0.05) is 5.16 Å². The van der Waals surface area contributed by atoms with Gasteiger partial charge < -0.3 is 14.4 Å². The van der Waals surface area contributed by atoms with Crippen LogP contribution in [0.3, 0.4) is 0 Å². The van der Waals surface area contributed by atoms with Crippen molar-refractivity contribution >= 4 is 16.6 Å². The molecule has 33 heavy (non-hydrogen) atoms. The van der Waals surface area contributed by atoms with E-state index in [1.165, 1.54) is 21.4 Å². The Hall–Kier alpha value is -3.62. The minimum Gasteiger partial charge on any atom is -0.394 e. The largest absolute Gasteiger partial charge is 0.394 e. The van der Waals surface area contributed by atoms with Crippen molar-refractivity contribution in [1.82, 2.24) is 24.1 Å². The highest BCUT2D eigenvalue weighted by atomic mass is 19.1. The smallest absolute Gasteiger partial charge is 0.278 e. The molecule has 5 rings (SSSR count). The molecule has 10 nitrogen and oxygen atoms in total. The molecule has 0 radical (unpaired) electrons. The Kier molecular flexibility index (Phi) is 4.99. The predicted molar refractivity (Wildman–Crippen MR) is 114 cm³/mol. The molecule has 1 unspecified atom stereocenters. The molecule has 1 saturated carbocycles. The summed E-state index contributed by atoms with van der Waals surface area (Å²) in [4.78, 5) is 22.5. The van der Waals surface area contributed by atoms with Gasteiger partial charge in [-0.15, -0.1) is 0 Å². The number of methoxy groups -OCH3 is 1. The zero-order chi connectivity index (χ0) is 23.3. The first kappa shape index (κ1) is 21.2. The molecule has 1 aliphatic rings. The van der Waals surface area contributed by atoms with Crippen LogP contribution in [0.1, 0.15) is 50.1 Å². The van der Waals surface area contributed by atoms with E-state index in [0.29, 0.717) is 11.4 Å². The standard InChI is InChI=1S/C22H21FN6O4/c1-12(10-30)29-17-13(9-24)14(23)5-6-15(17)28-11-25-16(18(28)20(29)31)19-26-21(33-27-19)22(32-2)7-3-4-8-22/h5-6,11-12,30H,3-4,7-8,10H2,1-2H3. The quantitative estimate of drug-likeness (QED) is 0.489. The molecule has 3 heterocycles. The summed E-state index contributed by atoms with van der Waals surface area (Å²) in [5.74, 6) is -0.303. The van der Waals surface area contributed by atoms with Gasteiger partial charge >= 0.3 is 0 Å². The lowest BCUT2D eigenvalue weighted by Crippen LogP contribution is -2.28. The van der Waals surface area contributed by atoms with E-state index in [1.807, 2.05) is 6.07 Å². The number of hydrogen-bond acceptors (Lipinski definition) is 8. The third kappa shape index (κ3) is 2.98. The molecule has 0 bridgehead atoms. The Morgan fingerprint density at radius 2 is 2.12 bits per heavy atom. The van der Waals surface area contributed by atoms with E-state index in [0.717, 1.165) is 31.7 Å². The number of aliphatic hydroxyl groups excluding tert-OH is 1. The normalized spacial score (nSPS) is 16.5. The van der Waals surface area contributed by atoms with E-state index < -0.39 is 29.6 Å². The topological polar surface area (TPSA) is 131 Å². The van der Waals surface area contributed by atoms with Crippen molar-refractivity contribution in [1.29, 1.82) is 5.26 Å². The van der Waals surface area contributed by atoms with Crippen molar-refractivity contribution in [3.8, 4) is 17.6 Å². The second-order valence-corrected chi connectivity index (χ2v) is 8.25. The lowest BCUT2D eigenvalue weighted by molar-refractivity contribution is -0.0342. The van der Waals surface area contributed by atoms with Gasteiger partial charge in [-0.05, 0) is 44.7 Å². The van der Waals surface area contributed by atoms with Gasteiger partial charge in [0.15, 0.2) is 0 Å². The minimum atomic E-state index is -0.757. The molecule has 0 saturated heterocycles. The van der Waals surface area contributed by atoms with E-state index in [4.69, 9.17) is 9.26 Å². The van der Waals surface area contributed by atoms with Crippen LogP contribution in [0.15, 0.2) is 27.8 Å². The molecule has 0 aliphatic heterocycles. The van der Waals surface area contributed by atoms with Gasteiger partial charge in [-0.25, -0.2) is 9.37 Å². The Balaban J connectivity index is 1.80. The van der Waals surface area contributed by atoms with Crippen LogP contribution in [0.2, 0.25) is 0 Å². The van der Waals surface area contributed by atoms with Crippen molar-refractivity contribution in [2.45, 2.75) is 44.2 Å². The van der Waals surface area contributed by atoms with Crippen LogP contribution in [0, 0.1) is 17.1 Å². The minimum absolute atomic E-state index is 0.0820. The maximum atomic E-state index is 14.4. The van der Waals surface area contributed by atoms with Gasteiger partial charge in [0.25, 0.3) is 11.4 Å². The van der Waals surface area contributed by atoms with Crippen molar-refractivity contribution < 1.29 is 18.8 Å². The molecule has 1 aromatic carbocycles. The molecule has 1 aliphatic carbocycles. The maximum absolute atomic E-state index is 14.4. The first-order valence-corrected chi connectivity index (χ1v) is 10.6. The molecule has 1 atom stereocenters. The number of rotatable bonds is 5. The van der Waals surface area contributed by atoms with Gasteiger partial charge in [0.1, 0.15) is 40.6 Å². The monoisotopic (exact) mass is 452 g/mol. The molecule has 1 fully saturated rings. The fourth-order valence-corrected chi connectivity index (χ4v) is 4.67. The summed E-state index contributed by atoms with van der Waals surface area (Å²) >= 11 is 0. The summed E-state index contributed by atoms with van der Waals surface area (Å²) in [6.07, 6.45) is 4.87. The number of ether oxygens (including phenoxy) is 1. The van der Waals surface area contributed by atoms with E-state index in [9.17, 15) is 19.6 Å². The van der Waals surface area contributed by atoms with E-state index in [1.54, 1.807) is 14.0 Å². The molecule has 3 aromatic heterocycles. The summed E-state index contributed by atoms with van der Waals surface area (Å²) in [7, 11) is 1.61. The zero-order valence-electron chi connectivity index (χ0n) is 18.1. The maximum Gasteiger partial charge on any atom is 0.278 e. The summed E-state index contributed by atoms with van der Waals surface area (Å²) < 4.78 is 28.3. The molecule has 0 spiro atoms. The first-order valence-electron chi connectivity index (χ1n) is 10.6. The average molecular weight is 452 g/mol. The molecular weight excluding hydrogens is 431 g/mol. The summed E-state index contributed by atoms with van der Waals surface area (Å²) in [5, 5.41) is 23.4. The van der Waals surface area contributed by atoms with Gasteiger partial charge in [0.05, 0.1) is 23.7 Å². The molecular formula is C22H21FN6O4. The number of nitrogens with zero attached hydrogens (tertiary/aromatic N) is 6. The number of fused-ring (bicyclic) bond motifs is 3. The third-order valence-electron chi connectivity index (χ3n) is 6.44.